The molecule has 1 aromatic rings. The van der Waals surface area contributed by atoms with Crippen LogP contribution in [0.3, 0.4) is 0 Å². The highest BCUT2D eigenvalue weighted by atomic mass is 16.4. The molecule has 0 spiro atoms. The molecular formula is C13H23N3O3. The van der Waals surface area contributed by atoms with Gasteiger partial charge in [0.1, 0.15) is 5.76 Å². The number of carbonyl (C=O) groups excluding carboxylic acids is 1. The average molecular weight is 269 g/mol. The highest BCUT2D eigenvalue weighted by Gasteiger charge is 2.17. The molecule has 0 saturated carbocycles. The van der Waals surface area contributed by atoms with Crippen LogP contribution >= 0.6 is 0 Å². The maximum Gasteiger partial charge on any atom is 0.300 e. The zero-order valence-corrected chi connectivity index (χ0v) is 11.6. The molecule has 0 aliphatic heterocycles. The first-order valence-electron chi connectivity index (χ1n) is 6.60. The monoisotopic (exact) mass is 269 g/mol. The summed E-state index contributed by atoms with van der Waals surface area (Å²) in [5.41, 5.74) is 2.03. The molecule has 0 aromatic carbocycles. The van der Waals surface area contributed by atoms with Gasteiger partial charge in [-0.1, -0.05) is 13.8 Å². The molecule has 0 aliphatic rings. The Bertz CT molecular complexity index is 388. The van der Waals surface area contributed by atoms with Crippen LogP contribution in [-0.2, 0) is 6.54 Å². The van der Waals surface area contributed by atoms with E-state index in [1.54, 1.807) is 12.1 Å². The second kappa shape index (κ2) is 7.93. The fourth-order valence-electron chi connectivity index (χ4n) is 2.18. The lowest BCUT2D eigenvalue weighted by atomic mass is 10.1. The third kappa shape index (κ3) is 4.34. The standard InChI is InChI=1S/C13H23N3O3/c1-3-10(4-2)16(7-8-17)9-11-5-6-12(19-11)13(18)15-14/h5-6,10,17H,3-4,7-9,14H2,1-2H3,(H,15,18). The Labute approximate surface area is 113 Å². The number of hydrazine groups is 1. The van der Waals surface area contributed by atoms with Gasteiger partial charge in [-0.2, -0.15) is 0 Å². The first-order valence-corrected chi connectivity index (χ1v) is 6.60. The average Bonchev–Trinajstić information content (AvgIpc) is 2.88. The van der Waals surface area contributed by atoms with Gasteiger partial charge in [0.25, 0.3) is 0 Å². The maximum atomic E-state index is 11.3. The van der Waals surface area contributed by atoms with Crippen LogP contribution in [0.5, 0.6) is 0 Å². The van der Waals surface area contributed by atoms with E-state index in [2.05, 4.69) is 18.7 Å². The van der Waals surface area contributed by atoms with E-state index >= 15 is 0 Å². The van der Waals surface area contributed by atoms with Gasteiger partial charge in [-0.15, -0.1) is 0 Å². The minimum atomic E-state index is -0.442. The summed E-state index contributed by atoms with van der Waals surface area (Å²) in [6.45, 7) is 5.51. The summed E-state index contributed by atoms with van der Waals surface area (Å²) in [6.07, 6.45) is 2.01. The molecule has 19 heavy (non-hydrogen) atoms. The predicted molar refractivity (Wildman–Crippen MR) is 72.2 cm³/mol. The Kier molecular flexibility index (Phi) is 6.55. The molecule has 0 unspecified atom stereocenters. The van der Waals surface area contributed by atoms with Gasteiger partial charge >= 0.3 is 5.91 Å². The molecule has 0 bridgehead atoms. The number of nitrogen functional groups attached to an aromatic ring is 1. The molecule has 108 valence electrons. The van der Waals surface area contributed by atoms with Crippen molar-refractivity contribution in [3.8, 4) is 0 Å². The lowest BCUT2D eigenvalue weighted by Crippen LogP contribution is -2.36. The molecule has 1 amide bonds. The molecule has 6 nitrogen and oxygen atoms in total. The van der Waals surface area contributed by atoms with Crippen molar-refractivity contribution in [2.75, 3.05) is 13.2 Å². The van der Waals surface area contributed by atoms with Crippen LogP contribution < -0.4 is 11.3 Å². The van der Waals surface area contributed by atoms with Crippen LogP contribution in [0.2, 0.25) is 0 Å². The smallest absolute Gasteiger partial charge is 0.300 e. The molecular weight excluding hydrogens is 246 g/mol. The van der Waals surface area contributed by atoms with E-state index in [0.29, 0.717) is 24.9 Å². The summed E-state index contributed by atoms with van der Waals surface area (Å²) in [7, 11) is 0. The maximum absolute atomic E-state index is 11.3. The van der Waals surface area contributed by atoms with Gasteiger partial charge < -0.3 is 9.52 Å². The lowest BCUT2D eigenvalue weighted by molar-refractivity contribution is 0.0916. The predicted octanol–water partition coefficient (Wildman–Crippen LogP) is 0.866. The Morgan fingerprint density at radius 2 is 2.16 bits per heavy atom. The van der Waals surface area contributed by atoms with Gasteiger partial charge in [0, 0.05) is 12.6 Å². The van der Waals surface area contributed by atoms with Crippen LogP contribution in [0.25, 0.3) is 0 Å². The second-order valence-electron chi connectivity index (χ2n) is 4.40. The minimum Gasteiger partial charge on any atom is -0.455 e. The van der Waals surface area contributed by atoms with Crippen molar-refractivity contribution < 1.29 is 14.3 Å². The van der Waals surface area contributed by atoms with Gasteiger partial charge in [-0.3, -0.25) is 15.1 Å². The van der Waals surface area contributed by atoms with Gasteiger partial charge in [0.15, 0.2) is 5.76 Å². The number of hydrogen-bond acceptors (Lipinski definition) is 5. The molecule has 1 rings (SSSR count). The van der Waals surface area contributed by atoms with E-state index in [-0.39, 0.29) is 12.4 Å². The van der Waals surface area contributed by atoms with Crippen molar-refractivity contribution in [3.05, 3.63) is 23.7 Å². The third-order valence-corrected chi connectivity index (χ3v) is 3.22. The fourth-order valence-corrected chi connectivity index (χ4v) is 2.18. The summed E-state index contributed by atoms with van der Waals surface area (Å²) in [6, 6.07) is 3.75. The Balaban J connectivity index is 2.73. The number of furan rings is 1. The van der Waals surface area contributed by atoms with Crippen LogP contribution in [0.4, 0.5) is 0 Å². The fraction of sp³-hybridized carbons (Fsp3) is 0.615. The number of aliphatic hydroxyl groups excluding tert-OH is 1. The quantitative estimate of drug-likeness (QED) is 0.370. The number of amides is 1. The molecule has 1 heterocycles. The Morgan fingerprint density at radius 3 is 2.68 bits per heavy atom. The topological polar surface area (TPSA) is 91.7 Å². The molecule has 6 heteroatoms. The summed E-state index contributed by atoms with van der Waals surface area (Å²) >= 11 is 0. The lowest BCUT2D eigenvalue weighted by Gasteiger charge is -2.28. The summed E-state index contributed by atoms with van der Waals surface area (Å²) in [4.78, 5) is 13.5. The molecule has 0 fully saturated rings. The molecule has 1 aromatic heterocycles. The molecule has 0 radical (unpaired) electrons. The normalized spacial score (nSPS) is 11.3. The number of nitrogens with zero attached hydrogens (tertiary/aromatic N) is 1. The van der Waals surface area contributed by atoms with Gasteiger partial charge in [-0.05, 0) is 25.0 Å². The van der Waals surface area contributed by atoms with E-state index in [1.165, 1.54) is 0 Å². The SMILES string of the molecule is CCC(CC)N(CCO)Cc1ccc(C(=O)NN)o1. The summed E-state index contributed by atoms with van der Waals surface area (Å²) in [5, 5.41) is 9.13. The van der Waals surface area contributed by atoms with Gasteiger partial charge in [0.05, 0.1) is 13.2 Å². The number of hydrogen-bond donors (Lipinski definition) is 3. The number of aliphatic hydroxyl groups is 1. The van der Waals surface area contributed by atoms with E-state index in [0.717, 1.165) is 12.8 Å². The van der Waals surface area contributed by atoms with Gasteiger partial charge in [-0.25, -0.2) is 5.84 Å². The van der Waals surface area contributed by atoms with Crippen molar-refractivity contribution in [2.24, 2.45) is 5.84 Å². The molecule has 0 atom stereocenters. The van der Waals surface area contributed by atoms with Crippen molar-refractivity contribution >= 4 is 5.91 Å². The van der Waals surface area contributed by atoms with Crippen LogP contribution in [-0.4, -0.2) is 35.1 Å². The van der Waals surface area contributed by atoms with Crippen LogP contribution in [0.15, 0.2) is 16.5 Å². The number of nitrogens with two attached hydrogens (primary N) is 1. The van der Waals surface area contributed by atoms with Crippen LogP contribution in [0, 0.1) is 0 Å². The Hall–Kier alpha value is -1.37. The van der Waals surface area contributed by atoms with E-state index in [4.69, 9.17) is 15.4 Å². The molecule has 0 saturated heterocycles. The number of carbonyl (C=O) groups is 1. The largest absolute Gasteiger partial charge is 0.455 e. The van der Waals surface area contributed by atoms with Crippen LogP contribution in [0.1, 0.15) is 43.0 Å². The zero-order chi connectivity index (χ0) is 14.3. The first kappa shape index (κ1) is 15.7. The Morgan fingerprint density at radius 1 is 1.47 bits per heavy atom. The highest BCUT2D eigenvalue weighted by molar-refractivity contribution is 5.90. The highest BCUT2D eigenvalue weighted by Crippen LogP contribution is 2.15. The van der Waals surface area contributed by atoms with E-state index in [9.17, 15) is 4.79 Å². The van der Waals surface area contributed by atoms with Crippen molar-refractivity contribution in [1.82, 2.24) is 10.3 Å². The number of nitrogens with one attached hydrogen (secondary N) is 1. The molecule has 4 N–H and O–H groups in total. The minimum absolute atomic E-state index is 0.105. The van der Waals surface area contributed by atoms with Gasteiger partial charge in [0.2, 0.25) is 0 Å². The van der Waals surface area contributed by atoms with Crippen molar-refractivity contribution in [2.45, 2.75) is 39.3 Å². The summed E-state index contributed by atoms with van der Waals surface area (Å²) in [5.74, 6) is 5.50. The molecule has 0 aliphatic carbocycles. The summed E-state index contributed by atoms with van der Waals surface area (Å²) < 4.78 is 5.44. The zero-order valence-electron chi connectivity index (χ0n) is 11.6. The van der Waals surface area contributed by atoms with Crippen molar-refractivity contribution in [1.29, 1.82) is 0 Å². The van der Waals surface area contributed by atoms with E-state index in [1.807, 2.05) is 5.43 Å². The number of rotatable bonds is 8. The van der Waals surface area contributed by atoms with Crippen molar-refractivity contribution in [3.63, 3.8) is 0 Å². The first-order chi connectivity index (χ1) is 9.15. The van der Waals surface area contributed by atoms with E-state index < -0.39 is 5.91 Å². The third-order valence-electron chi connectivity index (χ3n) is 3.22. The second-order valence-corrected chi connectivity index (χ2v) is 4.40.